The summed E-state index contributed by atoms with van der Waals surface area (Å²) in [4.78, 5) is 14.2. The molecule has 1 amide bonds. The summed E-state index contributed by atoms with van der Waals surface area (Å²) in [5, 5.41) is 10.3. The molecule has 2 rings (SSSR count). The van der Waals surface area contributed by atoms with Gasteiger partial charge in [-0.25, -0.2) is 0 Å². The van der Waals surface area contributed by atoms with Crippen LogP contribution in [0.3, 0.4) is 0 Å². The third kappa shape index (κ3) is 6.57. The van der Waals surface area contributed by atoms with Crippen molar-refractivity contribution in [1.29, 1.82) is 0 Å². The van der Waals surface area contributed by atoms with Gasteiger partial charge >= 0.3 is 0 Å². The van der Waals surface area contributed by atoms with Crippen LogP contribution in [0.2, 0.25) is 0 Å². The Morgan fingerprint density at radius 2 is 1.79 bits per heavy atom. The number of rotatable bonds is 6. The zero-order chi connectivity index (χ0) is 16.0. The minimum Gasteiger partial charge on any atom is -0.390 e. The van der Waals surface area contributed by atoms with Crippen LogP contribution < -0.4 is 11.5 Å². The minimum absolute atomic E-state index is 0. The van der Waals surface area contributed by atoms with Gasteiger partial charge in [0.2, 0.25) is 5.91 Å². The number of carbonyl (C=O) groups excluding carboxylic acids is 1. The third-order valence-corrected chi connectivity index (χ3v) is 4.52. The van der Waals surface area contributed by atoms with Gasteiger partial charge in [-0.2, -0.15) is 0 Å². The summed E-state index contributed by atoms with van der Waals surface area (Å²) in [5.74, 6) is -0.00858. The molecule has 0 saturated carbocycles. The topological polar surface area (TPSA) is 92.6 Å². The SMILES string of the molecule is Cl.Cl.NCCC1(O)CCN(C(=O)[C@@H](N)CCc2ccccc2)CC1. The molecule has 1 aliphatic heterocycles. The van der Waals surface area contributed by atoms with Crippen molar-refractivity contribution in [3.05, 3.63) is 35.9 Å². The van der Waals surface area contributed by atoms with Gasteiger partial charge in [0.05, 0.1) is 11.6 Å². The number of piperidine rings is 1. The molecule has 1 fully saturated rings. The first-order chi connectivity index (χ1) is 10.5. The summed E-state index contributed by atoms with van der Waals surface area (Å²) >= 11 is 0. The van der Waals surface area contributed by atoms with Gasteiger partial charge in [0, 0.05) is 13.1 Å². The lowest BCUT2D eigenvalue weighted by Crippen LogP contribution is -2.51. The number of aryl methyl sites for hydroxylation is 1. The first-order valence-electron chi connectivity index (χ1n) is 8.05. The fraction of sp³-hybridized carbons (Fsp3) is 0.588. The summed E-state index contributed by atoms with van der Waals surface area (Å²) in [6, 6.07) is 9.58. The number of hydrogen-bond acceptors (Lipinski definition) is 4. The Kier molecular flexibility index (Phi) is 10.5. The van der Waals surface area contributed by atoms with E-state index in [0.29, 0.717) is 45.3 Å². The van der Waals surface area contributed by atoms with Crippen LogP contribution in [0.4, 0.5) is 0 Å². The van der Waals surface area contributed by atoms with Crippen molar-refractivity contribution in [3.8, 4) is 0 Å². The zero-order valence-corrected chi connectivity index (χ0v) is 15.5. The molecular formula is C17H29Cl2N3O2. The van der Waals surface area contributed by atoms with Gasteiger partial charge in [-0.05, 0) is 44.2 Å². The van der Waals surface area contributed by atoms with Crippen LogP contribution in [-0.2, 0) is 11.2 Å². The molecule has 0 aliphatic carbocycles. The van der Waals surface area contributed by atoms with E-state index < -0.39 is 11.6 Å². The lowest BCUT2D eigenvalue weighted by atomic mass is 9.88. The van der Waals surface area contributed by atoms with Gasteiger partial charge in [0.1, 0.15) is 0 Å². The second-order valence-electron chi connectivity index (χ2n) is 6.22. The van der Waals surface area contributed by atoms with Gasteiger partial charge < -0.3 is 21.5 Å². The average Bonchev–Trinajstić information content (AvgIpc) is 2.54. The molecule has 0 spiro atoms. The summed E-state index contributed by atoms with van der Waals surface area (Å²) in [5.41, 5.74) is 12.1. The molecule has 0 radical (unpaired) electrons. The van der Waals surface area contributed by atoms with Crippen molar-refractivity contribution < 1.29 is 9.90 Å². The van der Waals surface area contributed by atoms with E-state index in [1.165, 1.54) is 5.56 Å². The number of nitrogens with two attached hydrogens (primary N) is 2. The largest absolute Gasteiger partial charge is 0.390 e. The Balaban J connectivity index is 0.00000264. The standard InChI is InChI=1S/C17H27N3O2.2ClH/c18-11-8-17(22)9-12-20(13-10-17)16(21)15(19)7-6-14-4-2-1-3-5-14;;/h1-5,15,22H,6-13,18-19H2;2*1H/t15-;;/m0../s1. The van der Waals surface area contributed by atoms with E-state index in [-0.39, 0.29) is 30.7 Å². The summed E-state index contributed by atoms with van der Waals surface area (Å²) in [7, 11) is 0. The number of likely N-dealkylation sites (tertiary alicyclic amines) is 1. The highest BCUT2D eigenvalue weighted by Gasteiger charge is 2.34. The molecule has 1 atom stereocenters. The zero-order valence-electron chi connectivity index (χ0n) is 13.9. The molecule has 5 nitrogen and oxygen atoms in total. The molecular weight excluding hydrogens is 349 g/mol. The van der Waals surface area contributed by atoms with E-state index in [0.717, 1.165) is 6.42 Å². The van der Waals surface area contributed by atoms with Gasteiger partial charge in [0.15, 0.2) is 0 Å². The third-order valence-electron chi connectivity index (χ3n) is 4.52. The van der Waals surface area contributed by atoms with Crippen molar-refractivity contribution in [2.75, 3.05) is 19.6 Å². The van der Waals surface area contributed by atoms with Crippen LogP contribution in [0.1, 0.15) is 31.2 Å². The molecule has 1 aromatic rings. The predicted molar refractivity (Wildman–Crippen MR) is 102 cm³/mol. The maximum atomic E-state index is 12.4. The van der Waals surface area contributed by atoms with Gasteiger partial charge in [-0.3, -0.25) is 4.79 Å². The van der Waals surface area contributed by atoms with Crippen molar-refractivity contribution in [3.63, 3.8) is 0 Å². The van der Waals surface area contributed by atoms with Crippen LogP contribution in [-0.4, -0.2) is 47.2 Å². The van der Waals surface area contributed by atoms with E-state index >= 15 is 0 Å². The molecule has 1 aromatic carbocycles. The van der Waals surface area contributed by atoms with Crippen molar-refractivity contribution in [1.82, 2.24) is 4.90 Å². The monoisotopic (exact) mass is 377 g/mol. The number of carbonyl (C=O) groups is 1. The molecule has 1 heterocycles. The van der Waals surface area contributed by atoms with Crippen LogP contribution in [0.15, 0.2) is 30.3 Å². The smallest absolute Gasteiger partial charge is 0.239 e. The highest BCUT2D eigenvalue weighted by molar-refractivity contribution is 5.85. The number of nitrogens with zero attached hydrogens (tertiary/aromatic N) is 1. The van der Waals surface area contributed by atoms with Crippen molar-refractivity contribution in [2.24, 2.45) is 11.5 Å². The number of amides is 1. The Morgan fingerprint density at radius 1 is 1.21 bits per heavy atom. The maximum Gasteiger partial charge on any atom is 0.239 e. The molecule has 1 aliphatic rings. The van der Waals surface area contributed by atoms with Crippen molar-refractivity contribution >= 4 is 30.7 Å². The minimum atomic E-state index is -0.709. The molecule has 138 valence electrons. The Labute approximate surface area is 156 Å². The second-order valence-corrected chi connectivity index (χ2v) is 6.22. The fourth-order valence-electron chi connectivity index (χ4n) is 2.99. The van der Waals surface area contributed by atoms with E-state index in [1.54, 1.807) is 4.90 Å². The van der Waals surface area contributed by atoms with Crippen LogP contribution in [0.5, 0.6) is 0 Å². The second kappa shape index (κ2) is 10.9. The normalized spacial score (nSPS) is 17.4. The van der Waals surface area contributed by atoms with Gasteiger partial charge in [0.25, 0.3) is 0 Å². The van der Waals surface area contributed by atoms with Gasteiger partial charge in [-0.1, -0.05) is 30.3 Å². The van der Waals surface area contributed by atoms with Crippen LogP contribution in [0, 0.1) is 0 Å². The maximum absolute atomic E-state index is 12.4. The predicted octanol–water partition coefficient (Wildman–Crippen LogP) is 1.49. The lowest BCUT2D eigenvalue weighted by molar-refractivity contribution is -0.137. The van der Waals surface area contributed by atoms with E-state index in [1.807, 2.05) is 30.3 Å². The lowest BCUT2D eigenvalue weighted by Gasteiger charge is -2.39. The first kappa shape index (κ1) is 23.1. The quantitative estimate of drug-likeness (QED) is 0.699. The number of halogens is 2. The summed E-state index contributed by atoms with van der Waals surface area (Å²) < 4.78 is 0. The Hall–Kier alpha value is -0.850. The fourth-order valence-corrected chi connectivity index (χ4v) is 2.99. The first-order valence-corrected chi connectivity index (χ1v) is 8.05. The number of aliphatic hydroxyl groups is 1. The van der Waals surface area contributed by atoms with E-state index in [2.05, 4.69) is 0 Å². The average molecular weight is 378 g/mol. The van der Waals surface area contributed by atoms with Crippen LogP contribution >= 0.6 is 24.8 Å². The van der Waals surface area contributed by atoms with Crippen LogP contribution in [0.25, 0.3) is 0 Å². The highest BCUT2D eigenvalue weighted by atomic mass is 35.5. The molecule has 7 heteroatoms. The summed E-state index contributed by atoms with van der Waals surface area (Å²) in [6.45, 7) is 1.60. The molecule has 0 aromatic heterocycles. The van der Waals surface area contributed by atoms with E-state index in [9.17, 15) is 9.90 Å². The van der Waals surface area contributed by atoms with Crippen molar-refractivity contribution in [2.45, 2.75) is 43.7 Å². The highest BCUT2D eigenvalue weighted by Crippen LogP contribution is 2.25. The molecule has 0 bridgehead atoms. The van der Waals surface area contributed by atoms with E-state index in [4.69, 9.17) is 11.5 Å². The number of benzene rings is 1. The Morgan fingerprint density at radius 3 is 2.33 bits per heavy atom. The summed E-state index contributed by atoms with van der Waals surface area (Å²) in [6.07, 6.45) is 3.21. The molecule has 0 unspecified atom stereocenters. The number of hydrogen-bond donors (Lipinski definition) is 3. The molecule has 24 heavy (non-hydrogen) atoms. The Bertz CT molecular complexity index is 480. The van der Waals surface area contributed by atoms with Gasteiger partial charge in [-0.15, -0.1) is 24.8 Å². The molecule has 1 saturated heterocycles. The molecule has 5 N–H and O–H groups in total.